The smallest absolute Gasteiger partial charge is 0.417 e. The summed E-state index contributed by atoms with van der Waals surface area (Å²) in [5.41, 5.74) is -5.01. The fraction of sp³-hybridized carbons (Fsp3) is 0.636. The molecule has 2 heterocycles. The molecule has 5 rings (SSSR count). The summed E-state index contributed by atoms with van der Waals surface area (Å²) in [6.45, 7) is 0.271. The van der Waals surface area contributed by atoms with Crippen molar-refractivity contribution in [3.05, 3.63) is 34.4 Å². The molecular formula is C22H22F6N2O2. The number of hydrogen-bond donors (Lipinski definition) is 0. The van der Waals surface area contributed by atoms with Crippen molar-refractivity contribution in [3.8, 4) is 0 Å². The molecule has 1 aromatic carbocycles. The third kappa shape index (κ3) is 3.65. The predicted octanol–water partition coefficient (Wildman–Crippen LogP) is 5.90. The Balaban J connectivity index is 1.67. The Morgan fingerprint density at radius 1 is 0.625 bits per heavy atom. The summed E-state index contributed by atoms with van der Waals surface area (Å²) < 4.78 is 94.2. The molecule has 4 aliphatic rings. The number of alkyl halides is 6. The summed E-state index contributed by atoms with van der Waals surface area (Å²) in [6, 6.07) is 0.993. The Bertz CT molecular complexity index is 908. The lowest BCUT2D eigenvalue weighted by Crippen LogP contribution is -2.22. The van der Waals surface area contributed by atoms with Crippen molar-refractivity contribution in [2.45, 2.75) is 74.8 Å². The number of halogens is 6. The second-order valence-corrected chi connectivity index (χ2v) is 9.21. The van der Waals surface area contributed by atoms with E-state index in [0.29, 0.717) is 25.7 Å². The minimum atomic E-state index is -5.02. The van der Waals surface area contributed by atoms with Crippen molar-refractivity contribution >= 4 is 11.8 Å². The first-order valence-electron chi connectivity index (χ1n) is 10.8. The van der Waals surface area contributed by atoms with Crippen LogP contribution in [-0.4, -0.2) is 36.1 Å². The molecule has 2 spiro atoms. The molecule has 1 aromatic rings. The summed E-state index contributed by atoms with van der Waals surface area (Å²) in [4.78, 5) is 8.85. The van der Waals surface area contributed by atoms with Crippen LogP contribution in [0.3, 0.4) is 0 Å². The van der Waals surface area contributed by atoms with E-state index in [9.17, 15) is 26.3 Å². The van der Waals surface area contributed by atoms with Gasteiger partial charge in [-0.25, -0.2) is 9.98 Å². The van der Waals surface area contributed by atoms with Gasteiger partial charge in [-0.3, -0.25) is 0 Å². The van der Waals surface area contributed by atoms with E-state index >= 15 is 0 Å². The molecule has 0 bridgehead atoms. The van der Waals surface area contributed by atoms with Crippen molar-refractivity contribution in [2.24, 2.45) is 9.98 Å². The van der Waals surface area contributed by atoms with Crippen LogP contribution < -0.4 is 0 Å². The van der Waals surface area contributed by atoms with Crippen molar-refractivity contribution in [3.63, 3.8) is 0 Å². The second kappa shape index (κ2) is 7.12. The highest BCUT2D eigenvalue weighted by Gasteiger charge is 2.47. The van der Waals surface area contributed by atoms with Crippen LogP contribution in [0.4, 0.5) is 26.3 Å². The molecule has 2 aliphatic carbocycles. The average molecular weight is 460 g/mol. The first-order valence-corrected chi connectivity index (χ1v) is 10.8. The van der Waals surface area contributed by atoms with Crippen LogP contribution in [0, 0.1) is 0 Å². The number of aliphatic imine (C=N–C) groups is 2. The molecule has 0 aromatic heterocycles. The van der Waals surface area contributed by atoms with Gasteiger partial charge in [0.1, 0.15) is 13.2 Å². The van der Waals surface area contributed by atoms with Crippen LogP contribution in [-0.2, 0) is 21.8 Å². The third-order valence-corrected chi connectivity index (χ3v) is 6.93. The van der Waals surface area contributed by atoms with Crippen molar-refractivity contribution < 1.29 is 35.8 Å². The molecule has 0 N–H and O–H groups in total. The number of nitrogens with zero attached hydrogens (tertiary/aromatic N) is 2. The number of hydrogen-bond acceptors (Lipinski definition) is 4. The summed E-state index contributed by atoms with van der Waals surface area (Å²) in [7, 11) is 0. The maximum Gasteiger partial charge on any atom is 0.417 e. The van der Waals surface area contributed by atoms with E-state index in [1.165, 1.54) is 0 Å². The Kier molecular flexibility index (Phi) is 4.80. The van der Waals surface area contributed by atoms with Crippen LogP contribution in [0.1, 0.15) is 73.6 Å². The molecule has 0 amide bonds. The third-order valence-electron chi connectivity index (χ3n) is 6.93. The maximum absolute atomic E-state index is 13.8. The summed E-state index contributed by atoms with van der Waals surface area (Å²) >= 11 is 0. The van der Waals surface area contributed by atoms with Gasteiger partial charge in [0.2, 0.25) is 11.8 Å². The van der Waals surface area contributed by atoms with Crippen LogP contribution >= 0.6 is 0 Å². The van der Waals surface area contributed by atoms with Gasteiger partial charge in [-0.2, -0.15) is 26.3 Å². The monoisotopic (exact) mass is 460 g/mol. The standard InChI is InChI=1S/C22H22F6N2O2/c23-21(24,25)15-10-16(22(26,27)28)14(18-30-20(12-32-18)7-3-4-8-20)9-13(15)17-29-19(11-31-17)5-1-2-6-19/h9-10H,1-8,11-12H2. The topological polar surface area (TPSA) is 43.2 Å². The van der Waals surface area contributed by atoms with E-state index < -0.39 is 45.7 Å². The van der Waals surface area contributed by atoms with Gasteiger partial charge in [-0.05, 0) is 37.8 Å². The first-order chi connectivity index (χ1) is 15.0. The Morgan fingerprint density at radius 2 is 1.00 bits per heavy atom. The van der Waals surface area contributed by atoms with Gasteiger partial charge in [0.15, 0.2) is 0 Å². The molecule has 2 fully saturated rings. The van der Waals surface area contributed by atoms with Gasteiger partial charge in [-0.1, -0.05) is 25.7 Å². The quantitative estimate of drug-likeness (QED) is 0.516. The molecule has 0 unspecified atom stereocenters. The number of rotatable bonds is 2. The lowest BCUT2D eigenvalue weighted by Gasteiger charge is -2.19. The lowest BCUT2D eigenvalue weighted by atomic mass is 9.96. The zero-order valence-electron chi connectivity index (χ0n) is 17.2. The molecule has 2 saturated carbocycles. The second-order valence-electron chi connectivity index (χ2n) is 9.21. The normalized spacial score (nSPS) is 24.1. The molecule has 0 atom stereocenters. The average Bonchev–Trinajstić information content (AvgIpc) is 3.51. The van der Waals surface area contributed by atoms with Crippen molar-refractivity contribution in [2.75, 3.05) is 13.2 Å². The van der Waals surface area contributed by atoms with Gasteiger partial charge in [0.25, 0.3) is 0 Å². The zero-order valence-corrected chi connectivity index (χ0v) is 17.2. The zero-order chi connectivity index (χ0) is 22.8. The molecule has 10 heteroatoms. The maximum atomic E-state index is 13.8. The fourth-order valence-corrected chi connectivity index (χ4v) is 5.24. The summed E-state index contributed by atoms with van der Waals surface area (Å²) in [5, 5.41) is 0. The molecule has 4 nitrogen and oxygen atoms in total. The van der Waals surface area contributed by atoms with Gasteiger partial charge in [-0.15, -0.1) is 0 Å². The molecule has 0 saturated heterocycles. The SMILES string of the molecule is FC(F)(F)c1cc(C(F)(F)F)c(C2=NC3(CCCC3)CO2)cc1C1=NC2(CCCC2)CO1. The Hall–Kier alpha value is -2.26. The van der Waals surface area contributed by atoms with Gasteiger partial charge in [0, 0.05) is 11.1 Å². The largest absolute Gasteiger partial charge is 0.475 e. The fourth-order valence-electron chi connectivity index (χ4n) is 5.24. The molecule has 174 valence electrons. The highest BCUT2D eigenvalue weighted by molar-refractivity contribution is 6.03. The van der Waals surface area contributed by atoms with Crippen molar-refractivity contribution in [1.29, 1.82) is 0 Å². The molecular weight excluding hydrogens is 438 g/mol. The van der Waals surface area contributed by atoms with E-state index in [-0.39, 0.29) is 31.1 Å². The van der Waals surface area contributed by atoms with Gasteiger partial charge < -0.3 is 9.47 Å². The first kappa shape index (κ1) is 21.6. The highest BCUT2D eigenvalue weighted by atomic mass is 19.4. The van der Waals surface area contributed by atoms with E-state index in [4.69, 9.17) is 9.47 Å². The lowest BCUT2D eigenvalue weighted by molar-refractivity contribution is -0.143. The number of benzene rings is 1. The Labute approximate surface area is 180 Å². The minimum absolute atomic E-state index is 0.135. The van der Waals surface area contributed by atoms with Gasteiger partial charge in [0.05, 0.1) is 22.2 Å². The van der Waals surface area contributed by atoms with Gasteiger partial charge >= 0.3 is 12.4 Å². The van der Waals surface area contributed by atoms with E-state index in [0.717, 1.165) is 31.7 Å². The molecule has 0 radical (unpaired) electrons. The summed E-state index contributed by atoms with van der Waals surface area (Å²) in [6.07, 6.45) is -3.75. The van der Waals surface area contributed by atoms with Crippen LogP contribution in [0.2, 0.25) is 0 Å². The minimum Gasteiger partial charge on any atom is -0.475 e. The van der Waals surface area contributed by atoms with Crippen LogP contribution in [0.5, 0.6) is 0 Å². The summed E-state index contributed by atoms with van der Waals surface area (Å²) in [5.74, 6) is -0.522. The van der Waals surface area contributed by atoms with Crippen LogP contribution in [0.15, 0.2) is 22.1 Å². The van der Waals surface area contributed by atoms with E-state index in [1.54, 1.807) is 0 Å². The van der Waals surface area contributed by atoms with Crippen molar-refractivity contribution in [1.82, 2.24) is 0 Å². The molecule has 32 heavy (non-hydrogen) atoms. The van der Waals surface area contributed by atoms with E-state index in [1.807, 2.05) is 0 Å². The van der Waals surface area contributed by atoms with E-state index in [2.05, 4.69) is 9.98 Å². The molecule has 2 aliphatic heterocycles. The Morgan fingerprint density at radius 3 is 1.34 bits per heavy atom. The van der Waals surface area contributed by atoms with Crippen LogP contribution in [0.25, 0.3) is 0 Å². The highest BCUT2D eigenvalue weighted by Crippen LogP contribution is 2.44. The number of ether oxygens (including phenoxy) is 2. The predicted molar refractivity (Wildman–Crippen MR) is 104 cm³/mol.